The maximum absolute atomic E-state index is 10.5. The van der Waals surface area contributed by atoms with E-state index in [0.29, 0.717) is 5.69 Å². The summed E-state index contributed by atoms with van der Waals surface area (Å²) in [6, 6.07) is 9.54. The van der Waals surface area contributed by atoms with Gasteiger partial charge in [-0.3, -0.25) is 0 Å². The summed E-state index contributed by atoms with van der Waals surface area (Å²) in [4.78, 5) is 14.9. The minimum absolute atomic E-state index is 0.475. The van der Waals surface area contributed by atoms with Crippen LogP contribution in [0.5, 0.6) is 0 Å². The van der Waals surface area contributed by atoms with Gasteiger partial charge in [0, 0.05) is 6.92 Å². The van der Waals surface area contributed by atoms with Crippen molar-refractivity contribution in [2.24, 2.45) is 5.16 Å². The summed E-state index contributed by atoms with van der Waals surface area (Å²) in [6.45, 7) is 1.28. The van der Waals surface area contributed by atoms with Crippen LogP contribution in [0.25, 0.3) is 5.69 Å². The first-order valence-electron chi connectivity index (χ1n) is 4.94. The van der Waals surface area contributed by atoms with Crippen LogP contribution in [0.3, 0.4) is 0 Å². The standard InChI is InChI=1S/C11H10N4O2/c1-9(16)17-12-7-10-8-15(14-13-10)11-5-3-2-4-6-11/h2-8H,1H3/b12-7+. The molecule has 6 heteroatoms. The lowest BCUT2D eigenvalue weighted by Gasteiger charge is -1.96. The molecule has 0 atom stereocenters. The summed E-state index contributed by atoms with van der Waals surface area (Å²) < 4.78 is 1.61. The zero-order valence-electron chi connectivity index (χ0n) is 9.15. The molecule has 0 amide bonds. The number of carbonyl (C=O) groups excluding carboxylic acids is 1. The first-order valence-corrected chi connectivity index (χ1v) is 4.94. The molecule has 6 nitrogen and oxygen atoms in total. The van der Waals surface area contributed by atoms with Gasteiger partial charge in [0.2, 0.25) is 0 Å². The number of nitrogens with zero attached hydrogens (tertiary/aromatic N) is 4. The van der Waals surface area contributed by atoms with Crippen LogP contribution in [-0.2, 0) is 9.63 Å². The minimum Gasteiger partial charge on any atom is -0.319 e. The van der Waals surface area contributed by atoms with Crippen molar-refractivity contribution in [2.75, 3.05) is 0 Å². The van der Waals surface area contributed by atoms with Gasteiger partial charge in [-0.15, -0.1) is 5.10 Å². The van der Waals surface area contributed by atoms with Gasteiger partial charge in [0.25, 0.3) is 0 Å². The van der Waals surface area contributed by atoms with E-state index >= 15 is 0 Å². The van der Waals surface area contributed by atoms with E-state index in [1.807, 2.05) is 30.3 Å². The Kier molecular flexibility index (Phi) is 3.25. The first-order chi connectivity index (χ1) is 8.25. The minimum atomic E-state index is -0.475. The Morgan fingerprint density at radius 1 is 1.41 bits per heavy atom. The maximum Gasteiger partial charge on any atom is 0.331 e. The molecule has 0 radical (unpaired) electrons. The van der Waals surface area contributed by atoms with Crippen LogP contribution >= 0.6 is 0 Å². The number of hydrogen-bond acceptors (Lipinski definition) is 5. The fourth-order valence-corrected chi connectivity index (χ4v) is 1.20. The molecule has 0 aliphatic heterocycles. The summed E-state index contributed by atoms with van der Waals surface area (Å²) in [5.41, 5.74) is 1.40. The molecule has 17 heavy (non-hydrogen) atoms. The van der Waals surface area contributed by atoms with E-state index < -0.39 is 5.97 Å². The van der Waals surface area contributed by atoms with E-state index in [-0.39, 0.29) is 0 Å². The maximum atomic E-state index is 10.5. The lowest BCUT2D eigenvalue weighted by atomic mass is 10.3. The third kappa shape index (κ3) is 2.97. The number of carbonyl (C=O) groups is 1. The molecule has 2 aromatic rings. The Morgan fingerprint density at radius 3 is 2.88 bits per heavy atom. The molecular formula is C11H10N4O2. The van der Waals surface area contributed by atoms with E-state index in [1.165, 1.54) is 13.1 Å². The third-order valence-electron chi connectivity index (χ3n) is 1.90. The molecule has 0 aliphatic carbocycles. The van der Waals surface area contributed by atoms with Crippen molar-refractivity contribution < 1.29 is 9.63 Å². The normalized spacial score (nSPS) is 10.6. The second-order valence-electron chi connectivity index (χ2n) is 3.24. The van der Waals surface area contributed by atoms with E-state index in [0.717, 1.165) is 5.69 Å². The second-order valence-corrected chi connectivity index (χ2v) is 3.24. The third-order valence-corrected chi connectivity index (χ3v) is 1.90. The fourth-order valence-electron chi connectivity index (χ4n) is 1.20. The zero-order valence-corrected chi connectivity index (χ0v) is 9.15. The van der Waals surface area contributed by atoms with Crippen molar-refractivity contribution in [3.05, 3.63) is 42.2 Å². The number of aromatic nitrogens is 3. The molecule has 1 aromatic heterocycles. The van der Waals surface area contributed by atoms with Gasteiger partial charge >= 0.3 is 5.97 Å². The molecule has 1 heterocycles. The number of hydrogen-bond donors (Lipinski definition) is 0. The molecule has 0 bridgehead atoms. The van der Waals surface area contributed by atoms with Crippen LogP contribution in [0, 0.1) is 0 Å². The summed E-state index contributed by atoms with van der Waals surface area (Å²) in [5, 5.41) is 11.2. The Bertz CT molecular complexity index is 533. The summed E-state index contributed by atoms with van der Waals surface area (Å²) in [6.07, 6.45) is 3.01. The number of oxime groups is 1. The summed E-state index contributed by atoms with van der Waals surface area (Å²) in [7, 11) is 0. The fraction of sp³-hybridized carbons (Fsp3) is 0.0909. The molecule has 1 aromatic carbocycles. The second kappa shape index (κ2) is 5.02. The lowest BCUT2D eigenvalue weighted by molar-refractivity contribution is -0.140. The van der Waals surface area contributed by atoms with Crippen LogP contribution in [0.15, 0.2) is 41.7 Å². The van der Waals surface area contributed by atoms with Gasteiger partial charge in [0.15, 0.2) is 0 Å². The average molecular weight is 230 g/mol. The Balaban J connectivity index is 2.11. The smallest absolute Gasteiger partial charge is 0.319 e. The SMILES string of the molecule is CC(=O)O/N=C/c1cn(-c2ccccc2)nn1. The molecule has 0 N–H and O–H groups in total. The summed E-state index contributed by atoms with van der Waals surface area (Å²) >= 11 is 0. The molecule has 0 aliphatic rings. The van der Waals surface area contributed by atoms with Crippen molar-refractivity contribution in [2.45, 2.75) is 6.92 Å². The topological polar surface area (TPSA) is 69.4 Å². The number of para-hydroxylation sites is 1. The lowest BCUT2D eigenvalue weighted by Crippen LogP contribution is -1.93. The summed E-state index contributed by atoms with van der Waals surface area (Å²) in [5.74, 6) is -0.475. The Morgan fingerprint density at radius 2 is 2.18 bits per heavy atom. The quantitative estimate of drug-likeness (QED) is 0.451. The van der Waals surface area contributed by atoms with E-state index in [1.54, 1.807) is 10.9 Å². The van der Waals surface area contributed by atoms with Crippen molar-refractivity contribution in [3.8, 4) is 5.69 Å². The van der Waals surface area contributed by atoms with Crippen LogP contribution in [-0.4, -0.2) is 27.2 Å². The van der Waals surface area contributed by atoms with Gasteiger partial charge in [-0.2, -0.15) is 0 Å². The monoisotopic (exact) mass is 230 g/mol. The van der Waals surface area contributed by atoms with E-state index in [4.69, 9.17) is 0 Å². The van der Waals surface area contributed by atoms with Gasteiger partial charge in [-0.1, -0.05) is 28.6 Å². The van der Waals surface area contributed by atoms with Gasteiger partial charge in [0.05, 0.1) is 18.1 Å². The highest BCUT2D eigenvalue weighted by atomic mass is 16.7. The molecular weight excluding hydrogens is 220 g/mol. The molecule has 0 fully saturated rings. The molecule has 0 spiro atoms. The van der Waals surface area contributed by atoms with E-state index in [2.05, 4.69) is 20.3 Å². The van der Waals surface area contributed by atoms with Crippen LogP contribution in [0.2, 0.25) is 0 Å². The molecule has 86 valence electrons. The molecule has 0 unspecified atom stereocenters. The highest BCUT2D eigenvalue weighted by molar-refractivity contribution is 5.77. The van der Waals surface area contributed by atoms with Crippen LogP contribution in [0.4, 0.5) is 0 Å². The van der Waals surface area contributed by atoms with Crippen LogP contribution in [0.1, 0.15) is 12.6 Å². The Hall–Kier alpha value is -2.50. The van der Waals surface area contributed by atoms with Gasteiger partial charge < -0.3 is 4.84 Å². The molecule has 0 saturated heterocycles. The predicted octanol–water partition coefficient (Wildman–Crippen LogP) is 1.16. The first kappa shape index (κ1) is 11.0. The Labute approximate surface area is 97.5 Å². The molecule has 2 rings (SSSR count). The highest BCUT2D eigenvalue weighted by Gasteiger charge is 2.00. The largest absolute Gasteiger partial charge is 0.331 e. The molecule has 0 saturated carbocycles. The number of rotatable bonds is 3. The van der Waals surface area contributed by atoms with Crippen molar-refractivity contribution in [1.29, 1.82) is 0 Å². The van der Waals surface area contributed by atoms with Gasteiger partial charge in [-0.05, 0) is 12.1 Å². The predicted molar refractivity (Wildman–Crippen MR) is 60.7 cm³/mol. The average Bonchev–Trinajstić information content (AvgIpc) is 2.78. The van der Waals surface area contributed by atoms with Crippen molar-refractivity contribution in [3.63, 3.8) is 0 Å². The van der Waals surface area contributed by atoms with E-state index in [9.17, 15) is 4.79 Å². The van der Waals surface area contributed by atoms with Crippen molar-refractivity contribution >= 4 is 12.2 Å². The number of benzene rings is 1. The van der Waals surface area contributed by atoms with Gasteiger partial charge in [-0.25, -0.2) is 9.48 Å². The van der Waals surface area contributed by atoms with Crippen LogP contribution < -0.4 is 0 Å². The van der Waals surface area contributed by atoms with Gasteiger partial charge in [0.1, 0.15) is 5.69 Å². The van der Waals surface area contributed by atoms with Crippen molar-refractivity contribution in [1.82, 2.24) is 15.0 Å². The highest BCUT2D eigenvalue weighted by Crippen LogP contribution is 2.04. The zero-order chi connectivity index (χ0) is 12.1.